The number of alkyl halides is 2. The first-order valence-corrected chi connectivity index (χ1v) is 10.5. The van der Waals surface area contributed by atoms with Crippen LogP contribution in [0.2, 0.25) is 5.02 Å². The third kappa shape index (κ3) is 3.91. The molecule has 4 rings (SSSR count). The molecule has 1 aromatic carbocycles. The fourth-order valence-electron chi connectivity index (χ4n) is 4.76. The average molecular weight is 430 g/mol. The SMILES string of the molecule is Cc1c(C(=O)O)cc(Cl)c2c1OC(C)(C1CCC(CNC3CC(F)(F)C3)CC1)O2. The van der Waals surface area contributed by atoms with E-state index < -0.39 is 17.7 Å². The molecule has 2 saturated carbocycles. The molecule has 29 heavy (non-hydrogen) atoms. The zero-order chi connectivity index (χ0) is 21.0. The van der Waals surface area contributed by atoms with Gasteiger partial charge in [-0.1, -0.05) is 11.6 Å². The Hall–Kier alpha value is -1.60. The highest BCUT2D eigenvalue weighted by Gasteiger charge is 2.48. The molecule has 160 valence electrons. The average Bonchev–Trinajstić information content (AvgIpc) is 3.01. The van der Waals surface area contributed by atoms with Crippen molar-refractivity contribution < 1.29 is 28.2 Å². The lowest BCUT2D eigenvalue weighted by Gasteiger charge is -2.39. The molecule has 2 aliphatic carbocycles. The Bertz CT molecular complexity index is 817. The molecule has 5 nitrogen and oxygen atoms in total. The van der Waals surface area contributed by atoms with E-state index in [-0.39, 0.29) is 35.4 Å². The molecule has 2 fully saturated rings. The van der Waals surface area contributed by atoms with Crippen molar-refractivity contribution in [2.75, 3.05) is 6.54 Å². The van der Waals surface area contributed by atoms with Gasteiger partial charge in [0, 0.05) is 37.3 Å². The summed E-state index contributed by atoms with van der Waals surface area (Å²) in [4.78, 5) is 11.4. The molecule has 0 radical (unpaired) electrons. The van der Waals surface area contributed by atoms with Crippen molar-refractivity contribution in [1.29, 1.82) is 0 Å². The number of aromatic carboxylic acids is 1. The Morgan fingerprint density at radius 2 is 1.86 bits per heavy atom. The number of halogens is 3. The Labute approximate surface area is 173 Å². The molecule has 1 aliphatic heterocycles. The normalized spacial score (nSPS) is 30.8. The predicted octanol–water partition coefficient (Wildman–Crippen LogP) is 5.03. The van der Waals surface area contributed by atoms with Gasteiger partial charge in [-0.3, -0.25) is 0 Å². The van der Waals surface area contributed by atoms with Gasteiger partial charge in [0.1, 0.15) is 0 Å². The van der Waals surface area contributed by atoms with E-state index in [2.05, 4.69) is 5.32 Å². The Morgan fingerprint density at radius 1 is 1.24 bits per heavy atom. The van der Waals surface area contributed by atoms with Crippen molar-refractivity contribution in [3.05, 3.63) is 22.2 Å². The van der Waals surface area contributed by atoms with E-state index in [1.807, 2.05) is 6.92 Å². The molecule has 1 heterocycles. The zero-order valence-corrected chi connectivity index (χ0v) is 17.3. The summed E-state index contributed by atoms with van der Waals surface area (Å²) >= 11 is 6.26. The Kier molecular flexibility index (Phi) is 5.18. The summed E-state index contributed by atoms with van der Waals surface area (Å²) in [5.41, 5.74) is 0.619. The number of ether oxygens (including phenoxy) is 2. The lowest BCUT2D eigenvalue weighted by molar-refractivity contribution is -0.123. The Morgan fingerprint density at radius 3 is 2.45 bits per heavy atom. The topological polar surface area (TPSA) is 67.8 Å². The number of rotatable bonds is 5. The van der Waals surface area contributed by atoms with Crippen molar-refractivity contribution in [2.24, 2.45) is 11.8 Å². The van der Waals surface area contributed by atoms with Crippen molar-refractivity contribution in [2.45, 2.75) is 70.1 Å². The molecule has 8 heteroatoms. The number of carbonyl (C=O) groups is 1. The van der Waals surface area contributed by atoms with Gasteiger partial charge in [0.25, 0.3) is 11.7 Å². The molecule has 1 unspecified atom stereocenters. The fourth-order valence-corrected chi connectivity index (χ4v) is 5.00. The molecule has 0 saturated heterocycles. The van der Waals surface area contributed by atoms with E-state index in [4.69, 9.17) is 21.1 Å². The minimum absolute atomic E-state index is 0.0567. The first-order chi connectivity index (χ1) is 13.6. The standard InChI is InChI=1S/C21H26ClF2NO4/c1-11-15(19(26)27)7-16(22)18-17(11)28-20(2,29-18)13-5-3-12(4-6-13)10-25-14-8-21(23,24)9-14/h7,12-14,25H,3-6,8-10H2,1-2H3,(H,26,27). The molecule has 1 aromatic rings. The highest BCUT2D eigenvalue weighted by molar-refractivity contribution is 6.32. The lowest BCUT2D eigenvalue weighted by atomic mass is 9.78. The minimum atomic E-state index is -2.49. The van der Waals surface area contributed by atoms with Crippen LogP contribution in [0.1, 0.15) is 61.4 Å². The first kappa shape index (κ1) is 20.7. The van der Waals surface area contributed by atoms with Crippen LogP contribution >= 0.6 is 11.6 Å². The van der Waals surface area contributed by atoms with Gasteiger partial charge in [0.2, 0.25) is 0 Å². The minimum Gasteiger partial charge on any atom is -0.478 e. The maximum atomic E-state index is 12.9. The van der Waals surface area contributed by atoms with E-state index in [1.54, 1.807) is 6.92 Å². The van der Waals surface area contributed by atoms with Gasteiger partial charge < -0.3 is 19.9 Å². The van der Waals surface area contributed by atoms with Gasteiger partial charge >= 0.3 is 5.97 Å². The molecule has 2 N–H and O–H groups in total. The number of hydrogen-bond acceptors (Lipinski definition) is 4. The smallest absolute Gasteiger partial charge is 0.336 e. The van der Waals surface area contributed by atoms with Gasteiger partial charge in [0.15, 0.2) is 11.5 Å². The van der Waals surface area contributed by atoms with E-state index >= 15 is 0 Å². The van der Waals surface area contributed by atoms with Crippen molar-refractivity contribution >= 4 is 17.6 Å². The van der Waals surface area contributed by atoms with Crippen LogP contribution in [-0.2, 0) is 0 Å². The molecule has 0 aromatic heterocycles. The van der Waals surface area contributed by atoms with Crippen LogP contribution in [0.4, 0.5) is 8.78 Å². The molecular weight excluding hydrogens is 404 g/mol. The zero-order valence-electron chi connectivity index (χ0n) is 16.6. The van der Waals surface area contributed by atoms with Crippen molar-refractivity contribution in [1.82, 2.24) is 5.32 Å². The summed E-state index contributed by atoms with van der Waals surface area (Å²) in [6, 6.07) is 1.34. The highest BCUT2D eigenvalue weighted by Crippen LogP contribution is 2.52. The Balaban J connectivity index is 1.36. The van der Waals surface area contributed by atoms with Gasteiger partial charge in [-0.2, -0.15) is 0 Å². The number of carboxylic acids is 1. The van der Waals surface area contributed by atoms with Gasteiger partial charge in [-0.25, -0.2) is 13.6 Å². The van der Waals surface area contributed by atoms with Crippen LogP contribution in [0.5, 0.6) is 11.5 Å². The lowest BCUT2D eigenvalue weighted by Crippen LogP contribution is -2.50. The monoisotopic (exact) mass is 429 g/mol. The van der Waals surface area contributed by atoms with Crippen LogP contribution in [0.25, 0.3) is 0 Å². The van der Waals surface area contributed by atoms with E-state index in [0.717, 1.165) is 32.2 Å². The van der Waals surface area contributed by atoms with Crippen LogP contribution in [0.3, 0.4) is 0 Å². The van der Waals surface area contributed by atoms with Crippen LogP contribution in [-0.4, -0.2) is 35.4 Å². The van der Waals surface area contributed by atoms with Crippen LogP contribution in [0, 0.1) is 18.8 Å². The van der Waals surface area contributed by atoms with Crippen LogP contribution < -0.4 is 14.8 Å². The number of fused-ring (bicyclic) bond motifs is 1. The van der Waals surface area contributed by atoms with E-state index in [1.165, 1.54) is 6.07 Å². The molecule has 0 spiro atoms. The van der Waals surface area contributed by atoms with E-state index in [0.29, 0.717) is 23.0 Å². The number of nitrogens with one attached hydrogen (secondary N) is 1. The van der Waals surface area contributed by atoms with Gasteiger partial charge in [-0.05, 0) is 51.1 Å². The largest absolute Gasteiger partial charge is 0.478 e. The first-order valence-electron chi connectivity index (χ1n) is 10.1. The van der Waals surface area contributed by atoms with Crippen molar-refractivity contribution in [3.8, 4) is 11.5 Å². The second-order valence-electron chi connectivity index (χ2n) is 8.80. The highest BCUT2D eigenvalue weighted by atomic mass is 35.5. The second kappa shape index (κ2) is 7.27. The molecule has 0 amide bonds. The molecule has 3 aliphatic rings. The maximum Gasteiger partial charge on any atom is 0.336 e. The molecular formula is C21H26ClF2NO4. The maximum absolute atomic E-state index is 12.9. The summed E-state index contributed by atoms with van der Waals surface area (Å²) in [6.45, 7) is 4.34. The van der Waals surface area contributed by atoms with Gasteiger partial charge in [-0.15, -0.1) is 0 Å². The summed E-state index contributed by atoms with van der Waals surface area (Å²) < 4.78 is 38.2. The summed E-state index contributed by atoms with van der Waals surface area (Å²) in [5, 5.41) is 12.9. The summed E-state index contributed by atoms with van der Waals surface area (Å²) in [7, 11) is 0. The number of hydrogen-bond donors (Lipinski definition) is 2. The van der Waals surface area contributed by atoms with Crippen molar-refractivity contribution in [3.63, 3.8) is 0 Å². The third-order valence-corrected chi connectivity index (χ3v) is 6.93. The molecule has 0 bridgehead atoms. The van der Waals surface area contributed by atoms with Crippen LogP contribution in [0.15, 0.2) is 6.07 Å². The quantitative estimate of drug-likeness (QED) is 0.687. The molecule has 1 atom stereocenters. The summed E-state index contributed by atoms with van der Waals surface area (Å²) in [6.07, 6.45) is 3.59. The number of benzene rings is 1. The van der Waals surface area contributed by atoms with Gasteiger partial charge in [0.05, 0.1) is 10.6 Å². The fraction of sp³-hybridized carbons (Fsp3) is 0.667. The second-order valence-corrected chi connectivity index (χ2v) is 9.21. The third-order valence-electron chi connectivity index (χ3n) is 6.65. The predicted molar refractivity (Wildman–Crippen MR) is 104 cm³/mol. The van der Waals surface area contributed by atoms with E-state index in [9.17, 15) is 18.7 Å². The number of carboxylic acid groups (broad SMARTS) is 1. The summed E-state index contributed by atoms with van der Waals surface area (Å²) in [5.74, 6) is -3.02.